The van der Waals surface area contributed by atoms with E-state index >= 15 is 0 Å². The van der Waals surface area contributed by atoms with Crippen molar-refractivity contribution >= 4 is 0 Å². The van der Waals surface area contributed by atoms with Crippen LogP contribution in [0.1, 0.15) is 37.7 Å². The molecule has 0 aliphatic carbocycles. The molecule has 0 spiro atoms. The highest BCUT2D eigenvalue weighted by molar-refractivity contribution is 5.60. The van der Waals surface area contributed by atoms with Crippen molar-refractivity contribution in [2.24, 2.45) is 0 Å². The van der Waals surface area contributed by atoms with Crippen LogP contribution in [0.4, 0.5) is 0 Å². The number of nitriles is 1. The van der Waals surface area contributed by atoms with Crippen molar-refractivity contribution in [2.75, 3.05) is 0 Å². The van der Waals surface area contributed by atoms with Crippen molar-refractivity contribution in [2.45, 2.75) is 33.1 Å². The molecule has 92 valence electrons. The van der Waals surface area contributed by atoms with E-state index in [9.17, 15) is 0 Å². The molecule has 1 heterocycles. The Morgan fingerprint density at radius 2 is 2.00 bits per heavy atom. The minimum Gasteiger partial charge on any atom is -0.334 e. The summed E-state index contributed by atoms with van der Waals surface area (Å²) in [6.45, 7) is 8.03. The second-order valence-electron chi connectivity index (χ2n) is 5.31. The van der Waals surface area contributed by atoms with Crippen molar-refractivity contribution in [1.29, 1.82) is 5.26 Å². The van der Waals surface area contributed by atoms with Crippen LogP contribution in [-0.2, 0) is 5.41 Å². The molecule has 1 aromatic carbocycles. The van der Waals surface area contributed by atoms with Crippen LogP contribution in [0.2, 0.25) is 0 Å². The maximum absolute atomic E-state index is 8.83. The molecule has 0 N–H and O–H groups in total. The van der Waals surface area contributed by atoms with Crippen molar-refractivity contribution < 1.29 is 4.52 Å². The fourth-order valence-corrected chi connectivity index (χ4v) is 1.61. The van der Waals surface area contributed by atoms with Gasteiger partial charge in [-0.05, 0) is 30.7 Å². The summed E-state index contributed by atoms with van der Waals surface area (Å²) in [6, 6.07) is 7.52. The summed E-state index contributed by atoms with van der Waals surface area (Å²) < 4.78 is 5.29. The predicted molar refractivity (Wildman–Crippen MR) is 67.9 cm³/mol. The first-order valence-corrected chi connectivity index (χ1v) is 5.77. The average molecular weight is 241 g/mol. The summed E-state index contributed by atoms with van der Waals surface area (Å²) in [5.74, 6) is 1.18. The molecule has 0 unspecified atom stereocenters. The van der Waals surface area contributed by atoms with Gasteiger partial charge in [-0.1, -0.05) is 25.9 Å². The minimum absolute atomic E-state index is 0.137. The average Bonchev–Trinajstić information content (AvgIpc) is 2.77. The molecule has 18 heavy (non-hydrogen) atoms. The summed E-state index contributed by atoms with van der Waals surface area (Å²) in [4.78, 5) is 4.41. The molecule has 0 bridgehead atoms. The van der Waals surface area contributed by atoms with Crippen LogP contribution in [0, 0.1) is 18.3 Å². The molecule has 2 aromatic rings. The third-order valence-electron chi connectivity index (χ3n) is 2.68. The van der Waals surface area contributed by atoms with Gasteiger partial charge in [-0.15, -0.1) is 0 Å². The molecule has 0 amide bonds. The van der Waals surface area contributed by atoms with Gasteiger partial charge in [-0.2, -0.15) is 10.2 Å². The first-order valence-electron chi connectivity index (χ1n) is 5.77. The van der Waals surface area contributed by atoms with Gasteiger partial charge in [-0.25, -0.2) is 0 Å². The molecule has 0 atom stereocenters. The first kappa shape index (κ1) is 12.3. The molecule has 1 aromatic heterocycles. The minimum atomic E-state index is -0.137. The van der Waals surface area contributed by atoms with Crippen LogP contribution in [0.3, 0.4) is 0 Å². The fourth-order valence-electron chi connectivity index (χ4n) is 1.61. The van der Waals surface area contributed by atoms with E-state index in [1.54, 1.807) is 6.07 Å². The molecule has 0 radical (unpaired) electrons. The van der Waals surface area contributed by atoms with E-state index < -0.39 is 0 Å². The third kappa shape index (κ3) is 2.25. The number of hydrogen-bond acceptors (Lipinski definition) is 4. The fraction of sp³-hybridized carbons (Fsp3) is 0.357. The summed E-state index contributed by atoms with van der Waals surface area (Å²) in [5, 5.41) is 12.8. The van der Waals surface area contributed by atoms with E-state index in [0.717, 1.165) is 11.1 Å². The van der Waals surface area contributed by atoms with E-state index in [2.05, 4.69) is 16.2 Å². The normalized spacial score (nSPS) is 11.3. The highest BCUT2D eigenvalue weighted by Crippen LogP contribution is 2.26. The topological polar surface area (TPSA) is 62.7 Å². The Balaban J connectivity index is 2.44. The Bertz CT molecular complexity index is 615. The van der Waals surface area contributed by atoms with Gasteiger partial charge in [-0.3, -0.25) is 0 Å². The van der Waals surface area contributed by atoms with E-state index in [4.69, 9.17) is 9.78 Å². The zero-order valence-electron chi connectivity index (χ0n) is 11.0. The highest BCUT2D eigenvalue weighted by atomic mass is 16.5. The van der Waals surface area contributed by atoms with E-state index in [1.807, 2.05) is 39.8 Å². The van der Waals surface area contributed by atoms with E-state index in [0.29, 0.717) is 17.3 Å². The van der Waals surface area contributed by atoms with Crippen molar-refractivity contribution in [3.05, 3.63) is 35.2 Å². The third-order valence-corrected chi connectivity index (χ3v) is 2.68. The molecular formula is C14H15N3O. The number of nitrogens with zero attached hydrogens (tertiary/aromatic N) is 3. The first-order chi connectivity index (χ1) is 8.41. The standard InChI is InChI=1S/C14H15N3O/c1-9-7-10(8-15)5-6-11(9)12-16-13(17-18-12)14(2,3)4/h5-7H,1-4H3. The van der Waals surface area contributed by atoms with Crippen LogP contribution >= 0.6 is 0 Å². The zero-order chi connectivity index (χ0) is 13.3. The molecular weight excluding hydrogens is 226 g/mol. The van der Waals surface area contributed by atoms with Gasteiger partial charge in [0.15, 0.2) is 5.82 Å². The second kappa shape index (κ2) is 4.26. The van der Waals surface area contributed by atoms with Gasteiger partial charge in [0.2, 0.25) is 0 Å². The lowest BCUT2D eigenvalue weighted by molar-refractivity contribution is 0.402. The van der Waals surface area contributed by atoms with Gasteiger partial charge in [0.1, 0.15) is 0 Å². The largest absolute Gasteiger partial charge is 0.334 e. The molecule has 0 aliphatic rings. The van der Waals surface area contributed by atoms with Crippen LogP contribution in [-0.4, -0.2) is 10.1 Å². The van der Waals surface area contributed by atoms with Crippen molar-refractivity contribution in [3.63, 3.8) is 0 Å². The lowest BCUT2D eigenvalue weighted by Crippen LogP contribution is -2.13. The van der Waals surface area contributed by atoms with Gasteiger partial charge in [0.25, 0.3) is 5.89 Å². The molecule has 4 nitrogen and oxygen atoms in total. The number of aromatic nitrogens is 2. The summed E-state index contributed by atoms with van der Waals surface area (Å²) in [5.41, 5.74) is 2.32. The molecule has 0 aliphatic heterocycles. The van der Waals surface area contributed by atoms with Crippen molar-refractivity contribution in [3.8, 4) is 17.5 Å². The van der Waals surface area contributed by atoms with E-state index in [1.165, 1.54) is 0 Å². The molecule has 0 saturated heterocycles. The Morgan fingerprint density at radius 3 is 2.50 bits per heavy atom. The molecule has 2 rings (SSSR count). The molecule has 4 heteroatoms. The summed E-state index contributed by atoms with van der Waals surface area (Å²) in [6.07, 6.45) is 0. The maximum atomic E-state index is 8.83. The summed E-state index contributed by atoms with van der Waals surface area (Å²) in [7, 11) is 0. The Kier molecular flexibility index (Phi) is 2.92. The van der Waals surface area contributed by atoms with Crippen LogP contribution in [0.5, 0.6) is 0 Å². The number of benzene rings is 1. The molecule has 0 saturated carbocycles. The van der Waals surface area contributed by atoms with Gasteiger partial charge >= 0.3 is 0 Å². The number of hydrogen-bond donors (Lipinski definition) is 0. The van der Waals surface area contributed by atoms with Gasteiger partial charge in [0, 0.05) is 11.0 Å². The van der Waals surface area contributed by atoms with Crippen LogP contribution in [0.15, 0.2) is 22.7 Å². The highest BCUT2D eigenvalue weighted by Gasteiger charge is 2.22. The SMILES string of the molecule is Cc1cc(C#N)ccc1-c1nc(C(C)(C)C)no1. The monoisotopic (exact) mass is 241 g/mol. The predicted octanol–water partition coefficient (Wildman–Crippen LogP) is 3.21. The van der Waals surface area contributed by atoms with E-state index in [-0.39, 0.29) is 5.41 Å². The maximum Gasteiger partial charge on any atom is 0.258 e. The number of aryl methyl sites for hydroxylation is 1. The van der Waals surface area contributed by atoms with Gasteiger partial charge < -0.3 is 4.52 Å². The Labute approximate surface area is 106 Å². The number of rotatable bonds is 1. The summed E-state index contributed by atoms with van der Waals surface area (Å²) >= 11 is 0. The Morgan fingerprint density at radius 1 is 1.28 bits per heavy atom. The van der Waals surface area contributed by atoms with Gasteiger partial charge in [0.05, 0.1) is 11.6 Å². The lowest BCUT2D eigenvalue weighted by Gasteiger charge is -2.10. The Hall–Kier alpha value is -2.15. The van der Waals surface area contributed by atoms with Crippen molar-refractivity contribution in [1.82, 2.24) is 10.1 Å². The smallest absolute Gasteiger partial charge is 0.258 e. The second-order valence-corrected chi connectivity index (χ2v) is 5.31. The van der Waals surface area contributed by atoms with Crippen LogP contribution < -0.4 is 0 Å². The quantitative estimate of drug-likeness (QED) is 0.769. The molecule has 0 fully saturated rings. The lowest BCUT2D eigenvalue weighted by atomic mass is 9.96. The van der Waals surface area contributed by atoms with Crippen LogP contribution in [0.25, 0.3) is 11.5 Å². The zero-order valence-corrected chi connectivity index (χ0v) is 11.0.